The van der Waals surface area contributed by atoms with Crippen LogP contribution in [0.3, 0.4) is 0 Å². The maximum Gasteiger partial charge on any atom is 0.254 e. The summed E-state index contributed by atoms with van der Waals surface area (Å²) < 4.78 is 13.2. The number of nitrogens with one attached hydrogen (secondary N) is 1. The summed E-state index contributed by atoms with van der Waals surface area (Å²) in [5.41, 5.74) is 0.707. The van der Waals surface area contributed by atoms with Crippen LogP contribution in [0.15, 0.2) is 35.9 Å². The number of carbonyl (C=O) groups excluding carboxylic acids is 2. The average molecular weight is 205 g/mol. The molecule has 0 fully saturated rings. The minimum atomic E-state index is -0.441. The summed E-state index contributed by atoms with van der Waals surface area (Å²) in [6, 6.07) is 6.18. The number of rotatable bonds is 2. The molecule has 0 aromatic heterocycles. The number of halogens is 1. The van der Waals surface area contributed by atoms with E-state index in [-0.39, 0.29) is 12.2 Å². The van der Waals surface area contributed by atoms with Crippen LogP contribution in [0, 0.1) is 5.82 Å². The van der Waals surface area contributed by atoms with Crippen molar-refractivity contribution in [3.8, 4) is 0 Å². The molecule has 1 aliphatic rings. The van der Waals surface area contributed by atoms with Crippen LogP contribution < -0.4 is 5.32 Å². The van der Waals surface area contributed by atoms with Crippen molar-refractivity contribution in [3.05, 3.63) is 47.3 Å². The van der Waals surface area contributed by atoms with Gasteiger partial charge in [-0.1, -0.05) is 18.2 Å². The first-order valence-corrected chi connectivity index (χ1v) is 4.46. The Kier molecular flexibility index (Phi) is 2.33. The number of amides is 2. The Morgan fingerprint density at radius 3 is 2.53 bits per heavy atom. The van der Waals surface area contributed by atoms with E-state index in [9.17, 15) is 14.0 Å². The van der Waals surface area contributed by atoms with Crippen molar-refractivity contribution in [3.63, 3.8) is 0 Å². The zero-order valence-electron chi connectivity index (χ0n) is 7.79. The molecule has 0 spiro atoms. The molecule has 0 saturated carbocycles. The normalized spacial score (nSPS) is 15.1. The molecule has 0 saturated heterocycles. The van der Waals surface area contributed by atoms with Gasteiger partial charge >= 0.3 is 0 Å². The molecule has 0 aliphatic carbocycles. The lowest BCUT2D eigenvalue weighted by molar-refractivity contribution is -0.123. The van der Waals surface area contributed by atoms with Crippen molar-refractivity contribution in [2.75, 3.05) is 0 Å². The van der Waals surface area contributed by atoms with E-state index in [0.717, 1.165) is 0 Å². The van der Waals surface area contributed by atoms with E-state index < -0.39 is 11.8 Å². The molecule has 1 heterocycles. The zero-order chi connectivity index (χ0) is 10.8. The number of hydrogen-bond acceptors (Lipinski definition) is 2. The summed E-state index contributed by atoms with van der Waals surface area (Å²) in [5.74, 6) is -1.25. The Morgan fingerprint density at radius 2 is 1.93 bits per heavy atom. The van der Waals surface area contributed by atoms with Crippen LogP contribution in [-0.4, -0.2) is 11.8 Å². The fourth-order valence-corrected chi connectivity index (χ4v) is 1.43. The van der Waals surface area contributed by atoms with Crippen LogP contribution in [-0.2, 0) is 16.0 Å². The van der Waals surface area contributed by atoms with Crippen molar-refractivity contribution in [1.29, 1.82) is 0 Å². The molecule has 76 valence electrons. The molecule has 3 nitrogen and oxygen atoms in total. The minimum Gasteiger partial charge on any atom is -0.289 e. The summed E-state index contributed by atoms with van der Waals surface area (Å²) in [7, 11) is 0. The van der Waals surface area contributed by atoms with Gasteiger partial charge in [-0.05, 0) is 11.6 Å². The lowest BCUT2D eigenvalue weighted by atomic mass is 10.1. The fraction of sp³-hybridized carbons (Fsp3) is 0.0909. The molecule has 1 aliphatic heterocycles. The van der Waals surface area contributed by atoms with Gasteiger partial charge in [-0.2, -0.15) is 0 Å². The van der Waals surface area contributed by atoms with Gasteiger partial charge in [0.05, 0.1) is 0 Å². The highest BCUT2D eigenvalue weighted by Gasteiger charge is 2.21. The van der Waals surface area contributed by atoms with Crippen LogP contribution in [0.5, 0.6) is 0 Å². The molecule has 0 atom stereocenters. The van der Waals surface area contributed by atoms with Crippen molar-refractivity contribution in [2.24, 2.45) is 0 Å². The Hall–Kier alpha value is -1.97. The zero-order valence-corrected chi connectivity index (χ0v) is 7.79. The standard InChI is InChI=1S/C11H8FNO2/c12-9-4-2-1-3-7(9)5-8-6-10(14)13-11(8)15/h1-4,6H,5H2,(H,13,14,15). The third-order valence-electron chi connectivity index (χ3n) is 2.17. The van der Waals surface area contributed by atoms with E-state index in [4.69, 9.17) is 0 Å². The molecule has 1 aromatic rings. The molecule has 0 unspecified atom stereocenters. The van der Waals surface area contributed by atoms with E-state index in [0.29, 0.717) is 11.1 Å². The van der Waals surface area contributed by atoms with Gasteiger partial charge in [-0.3, -0.25) is 14.9 Å². The summed E-state index contributed by atoms with van der Waals surface area (Å²) >= 11 is 0. The first-order chi connectivity index (χ1) is 7.16. The molecule has 1 aromatic carbocycles. The summed E-state index contributed by atoms with van der Waals surface area (Å²) in [4.78, 5) is 22.0. The van der Waals surface area contributed by atoms with Crippen LogP contribution in [0.25, 0.3) is 0 Å². The molecule has 1 N–H and O–H groups in total. The van der Waals surface area contributed by atoms with E-state index in [2.05, 4.69) is 5.32 Å². The Bertz CT molecular complexity index is 465. The van der Waals surface area contributed by atoms with Gasteiger partial charge in [0.2, 0.25) is 0 Å². The predicted octanol–water partition coefficient (Wildman–Crippen LogP) is 0.951. The van der Waals surface area contributed by atoms with Crippen LogP contribution in [0.2, 0.25) is 0 Å². The summed E-state index contributed by atoms with van der Waals surface area (Å²) in [5, 5.41) is 2.11. The van der Waals surface area contributed by atoms with Gasteiger partial charge < -0.3 is 0 Å². The highest BCUT2D eigenvalue weighted by Crippen LogP contribution is 2.14. The average Bonchev–Trinajstić information content (AvgIpc) is 2.49. The second-order valence-corrected chi connectivity index (χ2v) is 3.26. The smallest absolute Gasteiger partial charge is 0.254 e. The van der Waals surface area contributed by atoms with Gasteiger partial charge in [-0.25, -0.2) is 4.39 Å². The van der Waals surface area contributed by atoms with Crippen molar-refractivity contribution in [1.82, 2.24) is 5.32 Å². The van der Waals surface area contributed by atoms with E-state index >= 15 is 0 Å². The molecule has 0 bridgehead atoms. The van der Waals surface area contributed by atoms with Gasteiger partial charge in [0.1, 0.15) is 5.82 Å². The van der Waals surface area contributed by atoms with Crippen molar-refractivity contribution < 1.29 is 14.0 Å². The van der Waals surface area contributed by atoms with Crippen LogP contribution in [0.1, 0.15) is 5.56 Å². The fourth-order valence-electron chi connectivity index (χ4n) is 1.43. The van der Waals surface area contributed by atoms with Crippen molar-refractivity contribution in [2.45, 2.75) is 6.42 Å². The van der Waals surface area contributed by atoms with Gasteiger partial charge in [0.15, 0.2) is 0 Å². The van der Waals surface area contributed by atoms with Gasteiger partial charge in [0, 0.05) is 18.1 Å². The molecule has 4 heteroatoms. The summed E-state index contributed by atoms with van der Waals surface area (Å²) in [6.45, 7) is 0. The maximum atomic E-state index is 13.2. The SMILES string of the molecule is O=C1C=C(Cc2ccccc2F)C(=O)N1. The van der Waals surface area contributed by atoms with Crippen LogP contribution in [0.4, 0.5) is 4.39 Å². The molecule has 0 radical (unpaired) electrons. The summed E-state index contributed by atoms with van der Waals surface area (Å²) in [6.07, 6.45) is 1.35. The van der Waals surface area contributed by atoms with Crippen molar-refractivity contribution >= 4 is 11.8 Å². The maximum absolute atomic E-state index is 13.2. The second kappa shape index (κ2) is 3.65. The number of hydrogen-bond donors (Lipinski definition) is 1. The first-order valence-electron chi connectivity index (χ1n) is 4.46. The molecular formula is C11H8FNO2. The molecule has 2 rings (SSSR count). The van der Waals surface area contributed by atoms with Gasteiger partial charge in [0.25, 0.3) is 11.8 Å². The second-order valence-electron chi connectivity index (χ2n) is 3.26. The first kappa shape index (κ1) is 9.58. The van der Waals surface area contributed by atoms with Crippen LogP contribution >= 0.6 is 0 Å². The Morgan fingerprint density at radius 1 is 1.20 bits per heavy atom. The number of benzene rings is 1. The Labute approximate surface area is 85.6 Å². The largest absolute Gasteiger partial charge is 0.289 e. The Balaban J connectivity index is 2.23. The molecular weight excluding hydrogens is 197 g/mol. The topological polar surface area (TPSA) is 46.2 Å². The number of imide groups is 1. The number of carbonyl (C=O) groups is 2. The van der Waals surface area contributed by atoms with E-state index in [1.807, 2.05) is 0 Å². The lowest BCUT2D eigenvalue weighted by Gasteiger charge is -2.01. The lowest BCUT2D eigenvalue weighted by Crippen LogP contribution is -2.22. The third-order valence-corrected chi connectivity index (χ3v) is 2.17. The minimum absolute atomic E-state index is 0.143. The van der Waals surface area contributed by atoms with Gasteiger partial charge in [-0.15, -0.1) is 0 Å². The third kappa shape index (κ3) is 1.93. The molecule has 2 amide bonds. The monoisotopic (exact) mass is 205 g/mol. The molecule has 15 heavy (non-hydrogen) atoms. The highest BCUT2D eigenvalue weighted by atomic mass is 19.1. The quantitative estimate of drug-likeness (QED) is 0.731. The van der Waals surface area contributed by atoms with E-state index in [1.165, 1.54) is 12.1 Å². The predicted molar refractivity (Wildman–Crippen MR) is 51.3 cm³/mol. The van der Waals surface area contributed by atoms with E-state index in [1.54, 1.807) is 18.2 Å². The highest BCUT2D eigenvalue weighted by molar-refractivity contribution is 6.16.